The number of aliphatic carboxylic acids is 1. The summed E-state index contributed by atoms with van der Waals surface area (Å²) in [7, 11) is -4.40. The lowest BCUT2D eigenvalue weighted by atomic mass is 9.93. The highest BCUT2D eigenvalue weighted by molar-refractivity contribution is 7.91. The smallest absolute Gasteiger partial charge is 0.326 e. The van der Waals surface area contributed by atoms with Crippen LogP contribution in [0.4, 0.5) is 10.8 Å². The van der Waals surface area contributed by atoms with E-state index in [0.717, 1.165) is 32.3 Å². The van der Waals surface area contributed by atoms with Crippen molar-refractivity contribution in [1.82, 2.24) is 14.6 Å². The van der Waals surface area contributed by atoms with Gasteiger partial charge in [0.2, 0.25) is 5.91 Å². The summed E-state index contributed by atoms with van der Waals surface area (Å²) in [5.41, 5.74) is 11.7. The lowest BCUT2D eigenvalue weighted by molar-refractivity contribution is -0.142. The molecule has 0 radical (unpaired) electrons. The molecule has 320 valence electrons. The molecule has 5 aromatic carbocycles. The Morgan fingerprint density at radius 2 is 1.63 bits per heavy atom. The van der Waals surface area contributed by atoms with E-state index in [-0.39, 0.29) is 52.0 Å². The number of amides is 2. The van der Waals surface area contributed by atoms with Crippen molar-refractivity contribution < 1.29 is 37.4 Å². The number of nitriles is 1. The molecular formula is C45H36Cl2N6O8S2. The molecule has 63 heavy (non-hydrogen) atoms. The van der Waals surface area contributed by atoms with Gasteiger partial charge < -0.3 is 30.9 Å². The Labute approximate surface area is 375 Å². The van der Waals surface area contributed by atoms with Gasteiger partial charge in [0.15, 0.2) is 26.9 Å². The first-order valence-corrected chi connectivity index (χ1v) is 22.4. The Morgan fingerprint density at radius 3 is 2.27 bits per heavy atom. The number of hydrogen-bond donors (Lipinski definition) is 4. The SMILES string of the molecule is Cc1nc(N)sc1S(=O)(=O)N1Cc2cc3c(cc2C[C@H]1C(=O)N[C@@H](Cc1ccc(-c2ccc(C#N)cc2)cc1)C(=O)O)OCC(c1ccc(NC(=O)c2ccc(Cl)c(Cl)c2)cc1)O3. The maximum atomic E-state index is 14.4. The maximum absolute atomic E-state index is 14.4. The summed E-state index contributed by atoms with van der Waals surface area (Å²) in [4.78, 5) is 43.7. The van der Waals surface area contributed by atoms with Crippen molar-refractivity contribution >= 4 is 73.2 Å². The normalized spacial score (nSPS) is 16.3. The zero-order valence-corrected chi connectivity index (χ0v) is 36.3. The van der Waals surface area contributed by atoms with Gasteiger partial charge in [0.05, 0.1) is 27.4 Å². The molecule has 1 unspecified atom stereocenters. The van der Waals surface area contributed by atoms with E-state index in [1.807, 2.05) is 24.3 Å². The fraction of sp³-hybridized carbons (Fsp3) is 0.178. The molecule has 0 spiro atoms. The summed E-state index contributed by atoms with van der Waals surface area (Å²) in [6.45, 7) is 1.39. The Kier molecular flexibility index (Phi) is 12.1. The van der Waals surface area contributed by atoms with Crippen molar-refractivity contribution in [1.29, 1.82) is 5.26 Å². The summed E-state index contributed by atoms with van der Waals surface area (Å²) < 4.78 is 42.3. The molecule has 2 aliphatic heterocycles. The third kappa shape index (κ3) is 9.19. The van der Waals surface area contributed by atoms with Crippen LogP contribution in [-0.4, -0.2) is 59.3 Å². The molecule has 3 atom stereocenters. The second-order valence-electron chi connectivity index (χ2n) is 14.9. The van der Waals surface area contributed by atoms with Gasteiger partial charge >= 0.3 is 5.97 Å². The van der Waals surface area contributed by atoms with Gasteiger partial charge in [-0.3, -0.25) is 9.59 Å². The minimum Gasteiger partial charge on any atom is -0.485 e. The summed E-state index contributed by atoms with van der Waals surface area (Å²) in [5.74, 6) is -1.71. The van der Waals surface area contributed by atoms with Gasteiger partial charge in [-0.2, -0.15) is 9.57 Å². The highest BCUT2D eigenvalue weighted by Crippen LogP contribution is 2.42. The number of nitrogens with zero attached hydrogens (tertiary/aromatic N) is 3. The van der Waals surface area contributed by atoms with E-state index in [9.17, 15) is 27.9 Å². The molecule has 0 saturated heterocycles. The van der Waals surface area contributed by atoms with Crippen molar-refractivity contribution in [3.05, 3.63) is 152 Å². The van der Waals surface area contributed by atoms with Crippen molar-refractivity contribution in [3.8, 4) is 28.7 Å². The molecule has 5 N–H and O–H groups in total. The Balaban J connectivity index is 1.01. The molecule has 3 heterocycles. The number of nitrogens with two attached hydrogens (primary N) is 1. The lowest BCUT2D eigenvalue weighted by Gasteiger charge is -2.36. The second kappa shape index (κ2) is 17.7. The standard InChI is InChI=1S/C45H36Cl2N6O8S2/c1-24-44(62-45(49)50-24)63(58,59)53-22-32-20-39-38(60-23-40(61-39)29-10-13-33(14-11-29)51-41(54)30-12-15-34(46)35(47)17-30)19-31(32)18-37(53)42(55)52-36(43(56)57)16-25-2-6-27(7-3-25)28-8-4-26(21-48)5-9-28/h2-15,17,19-20,36-37,40H,16,18,22-23H2,1H3,(H2,49,50)(H,51,54)(H,52,55)(H,56,57)/t36-,37-,40?/m0/s1. The Morgan fingerprint density at radius 1 is 0.952 bits per heavy atom. The van der Waals surface area contributed by atoms with E-state index in [0.29, 0.717) is 50.0 Å². The van der Waals surface area contributed by atoms with Gasteiger partial charge in [-0.05, 0) is 101 Å². The highest BCUT2D eigenvalue weighted by Gasteiger charge is 2.43. The highest BCUT2D eigenvalue weighted by atomic mass is 35.5. The molecule has 6 aromatic rings. The van der Waals surface area contributed by atoms with Crippen molar-refractivity contribution in [2.24, 2.45) is 0 Å². The lowest BCUT2D eigenvalue weighted by Crippen LogP contribution is -2.55. The number of anilines is 2. The number of thiazole rings is 1. The van der Waals surface area contributed by atoms with Gasteiger partial charge in [-0.15, -0.1) is 0 Å². The number of sulfonamides is 1. The number of nitrogens with one attached hydrogen (secondary N) is 2. The minimum atomic E-state index is -4.40. The fourth-order valence-corrected chi connectivity index (χ4v) is 10.7. The molecule has 14 nitrogen and oxygen atoms in total. The average Bonchev–Trinajstić information content (AvgIpc) is 3.64. The first-order chi connectivity index (χ1) is 30.2. The quantitative estimate of drug-likeness (QED) is 0.0995. The number of carbonyl (C=O) groups is 3. The third-order valence-electron chi connectivity index (χ3n) is 10.7. The molecular weight excluding hydrogens is 888 g/mol. The molecule has 2 amide bonds. The van der Waals surface area contributed by atoms with Gasteiger partial charge in [0.25, 0.3) is 15.9 Å². The summed E-state index contributed by atoms with van der Waals surface area (Å²) in [6.07, 6.45) is -0.736. The number of halogens is 2. The van der Waals surface area contributed by atoms with Crippen LogP contribution in [0.15, 0.2) is 107 Å². The van der Waals surface area contributed by atoms with E-state index < -0.39 is 40.1 Å². The summed E-state index contributed by atoms with van der Waals surface area (Å²) in [5, 5.41) is 25.4. The van der Waals surface area contributed by atoms with Crippen LogP contribution in [0.1, 0.15) is 50.0 Å². The van der Waals surface area contributed by atoms with Crippen molar-refractivity contribution in [2.75, 3.05) is 17.7 Å². The number of carbonyl (C=O) groups excluding carboxylic acids is 2. The Hall–Kier alpha value is -6.48. The number of hydrogen-bond acceptors (Lipinski definition) is 11. The van der Waals surface area contributed by atoms with Crippen LogP contribution in [-0.2, 0) is 39.0 Å². The van der Waals surface area contributed by atoms with Gasteiger partial charge in [-0.25, -0.2) is 18.2 Å². The number of benzene rings is 5. The predicted octanol–water partition coefficient (Wildman–Crippen LogP) is 7.57. The zero-order valence-electron chi connectivity index (χ0n) is 33.2. The topological polar surface area (TPSA) is 214 Å². The third-order valence-corrected chi connectivity index (χ3v) is 14.9. The van der Waals surface area contributed by atoms with E-state index in [4.69, 9.17) is 43.7 Å². The van der Waals surface area contributed by atoms with Crippen molar-refractivity contribution in [2.45, 2.75) is 48.7 Å². The van der Waals surface area contributed by atoms with Gasteiger partial charge in [0, 0.05) is 24.2 Å². The molecule has 8 rings (SSSR count). The number of aromatic nitrogens is 1. The predicted molar refractivity (Wildman–Crippen MR) is 238 cm³/mol. The first kappa shape index (κ1) is 43.2. The molecule has 0 fully saturated rings. The zero-order chi connectivity index (χ0) is 44.6. The van der Waals surface area contributed by atoms with Crippen LogP contribution < -0.4 is 25.8 Å². The molecule has 0 aliphatic carbocycles. The number of aryl methyl sites for hydroxylation is 1. The number of ether oxygens (including phenoxy) is 2. The van der Waals surface area contributed by atoms with Gasteiger partial charge in [0.1, 0.15) is 18.7 Å². The molecule has 2 aliphatic rings. The van der Waals surface area contributed by atoms with E-state index in [2.05, 4.69) is 21.7 Å². The largest absolute Gasteiger partial charge is 0.485 e. The number of nitrogen functional groups attached to an aromatic ring is 1. The number of fused-ring (bicyclic) bond motifs is 2. The second-order valence-corrected chi connectivity index (χ2v) is 18.8. The number of rotatable bonds is 11. The van der Waals surface area contributed by atoms with Crippen LogP contribution in [0, 0.1) is 18.3 Å². The molecule has 0 bridgehead atoms. The molecule has 0 saturated carbocycles. The first-order valence-electron chi connectivity index (χ1n) is 19.4. The maximum Gasteiger partial charge on any atom is 0.326 e. The molecule has 18 heteroatoms. The average molecular weight is 924 g/mol. The van der Waals surface area contributed by atoms with Crippen LogP contribution in [0.2, 0.25) is 10.0 Å². The van der Waals surface area contributed by atoms with E-state index in [1.165, 1.54) is 13.0 Å². The van der Waals surface area contributed by atoms with Crippen LogP contribution in [0.25, 0.3) is 11.1 Å². The van der Waals surface area contributed by atoms with Gasteiger partial charge in [-0.1, -0.05) is 83.1 Å². The van der Waals surface area contributed by atoms with E-state index in [1.54, 1.807) is 72.8 Å². The van der Waals surface area contributed by atoms with E-state index >= 15 is 0 Å². The van der Waals surface area contributed by atoms with Crippen LogP contribution in [0.3, 0.4) is 0 Å². The summed E-state index contributed by atoms with van der Waals surface area (Å²) >= 11 is 12.8. The molecule has 1 aromatic heterocycles. The monoisotopic (exact) mass is 922 g/mol. The number of carboxylic acids is 1. The van der Waals surface area contributed by atoms with Crippen LogP contribution >= 0.6 is 34.5 Å². The minimum absolute atomic E-state index is 0.0353. The summed E-state index contributed by atoms with van der Waals surface area (Å²) in [6, 6.07) is 28.6. The Bertz CT molecular complexity index is 2920. The van der Waals surface area contributed by atoms with Crippen molar-refractivity contribution in [3.63, 3.8) is 0 Å². The fourth-order valence-electron chi connectivity index (χ4n) is 7.41. The van der Waals surface area contributed by atoms with Crippen LogP contribution in [0.5, 0.6) is 11.5 Å². The number of carboxylic acid groups (broad SMARTS) is 1.